The maximum Gasteiger partial charge on any atom is 0.260 e. The molecule has 2 aromatic rings. The van der Waals surface area contributed by atoms with Crippen molar-refractivity contribution in [3.8, 4) is 0 Å². The van der Waals surface area contributed by atoms with Crippen molar-refractivity contribution < 1.29 is 13.6 Å². The maximum absolute atomic E-state index is 13.2. The summed E-state index contributed by atoms with van der Waals surface area (Å²) in [4.78, 5) is 23.1. The Morgan fingerprint density at radius 1 is 1.34 bits per heavy atom. The molecule has 1 saturated heterocycles. The third-order valence-electron chi connectivity index (χ3n) is 5.85. The molecule has 0 aromatic carbocycles. The highest BCUT2D eigenvalue weighted by atomic mass is 19.3. The average molecular weight is 405 g/mol. The first-order valence-corrected chi connectivity index (χ1v) is 9.84. The van der Waals surface area contributed by atoms with Crippen LogP contribution in [-0.2, 0) is 11.8 Å². The topological polar surface area (TPSA) is 88.0 Å². The first-order chi connectivity index (χ1) is 13.8. The van der Waals surface area contributed by atoms with Crippen molar-refractivity contribution in [2.24, 2.45) is 13.0 Å². The van der Waals surface area contributed by atoms with Crippen molar-refractivity contribution in [2.75, 3.05) is 23.3 Å². The van der Waals surface area contributed by atoms with Gasteiger partial charge in [-0.05, 0) is 25.3 Å². The Kier molecular flexibility index (Phi) is 4.87. The van der Waals surface area contributed by atoms with E-state index in [9.17, 15) is 13.6 Å². The van der Waals surface area contributed by atoms with Crippen molar-refractivity contribution in [1.29, 1.82) is 0 Å². The molecule has 1 unspecified atom stereocenters. The van der Waals surface area contributed by atoms with E-state index in [4.69, 9.17) is 0 Å². The van der Waals surface area contributed by atoms with E-state index in [1.807, 2.05) is 26.2 Å². The highest BCUT2D eigenvalue weighted by Gasteiger charge is 2.62. The second-order valence-electron chi connectivity index (χ2n) is 7.89. The Labute approximate surface area is 167 Å². The van der Waals surface area contributed by atoms with Crippen LogP contribution < -0.4 is 15.5 Å². The first kappa shape index (κ1) is 19.5. The number of hydrogen-bond donors (Lipinski definition) is 2. The largest absolute Gasteiger partial charge is 0.356 e. The molecule has 2 aliphatic rings. The minimum atomic E-state index is -2.83. The van der Waals surface area contributed by atoms with Gasteiger partial charge in [-0.1, -0.05) is 6.92 Å². The van der Waals surface area contributed by atoms with Gasteiger partial charge in [0.1, 0.15) is 11.7 Å². The van der Waals surface area contributed by atoms with E-state index >= 15 is 0 Å². The van der Waals surface area contributed by atoms with Gasteiger partial charge in [0.05, 0.1) is 11.9 Å². The molecule has 1 aliphatic carbocycles. The molecule has 0 radical (unpaired) electrons. The van der Waals surface area contributed by atoms with Crippen molar-refractivity contribution in [3.05, 3.63) is 24.7 Å². The fourth-order valence-electron chi connectivity index (χ4n) is 3.78. The Morgan fingerprint density at radius 2 is 2.07 bits per heavy atom. The van der Waals surface area contributed by atoms with Gasteiger partial charge in [0.15, 0.2) is 0 Å². The molecule has 156 valence electrons. The highest BCUT2D eigenvalue weighted by Crippen LogP contribution is 2.49. The number of carbonyl (C=O) groups excluding carboxylic acids is 1. The second-order valence-corrected chi connectivity index (χ2v) is 7.89. The van der Waals surface area contributed by atoms with Crippen LogP contribution in [0.15, 0.2) is 24.7 Å². The normalized spacial score (nSPS) is 22.2. The maximum atomic E-state index is 13.2. The van der Waals surface area contributed by atoms with Gasteiger partial charge >= 0.3 is 0 Å². The van der Waals surface area contributed by atoms with Gasteiger partial charge in [0.25, 0.3) is 5.92 Å². The van der Waals surface area contributed by atoms with Crippen LogP contribution in [0.5, 0.6) is 0 Å². The van der Waals surface area contributed by atoms with Crippen LogP contribution in [0, 0.1) is 5.92 Å². The number of anilines is 3. The average Bonchev–Trinajstić information content (AvgIpc) is 3.16. The lowest BCUT2D eigenvalue weighted by molar-refractivity contribution is -0.126. The summed E-state index contributed by atoms with van der Waals surface area (Å²) in [5.74, 6) is -3.25. The van der Waals surface area contributed by atoms with Crippen molar-refractivity contribution in [3.63, 3.8) is 0 Å². The molecule has 29 heavy (non-hydrogen) atoms. The zero-order chi connectivity index (χ0) is 20.6. The number of nitrogens with zero attached hydrogens (tertiary/aromatic N) is 5. The number of amides is 1. The minimum absolute atomic E-state index is 0.335. The number of piperidine rings is 1. The number of rotatable bonds is 6. The molecule has 1 aliphatic heterocycles. The molecule has 4 rings (SSSR count). The molecule has 10 heteroatoms. The Morgan fingerprint density at radius 3 is 2.66 bits per heavy atom. The molecular formula is C19H25F2N7O. The summed E-state index contributed by atoms with van der Waals surface area (Å²) in [5, 5.41) is 10.1. The van der Waals surface area contributed by atoms with Crippen molar-refractivity contribution >= 4 is 23.4 Å². The third kappa shape index (κ3) is 4.15. The standard InChI is InChI=1S/C19H25F2N7O/c1-3-18(26-16(29)14-10-19(14,20)21)5-8-28(9-6-18)15-4-7-22-17(25-15)24-13-11-23-27(2)12-13/h4,7,11-12,14H,3,5-6,8-10H2,1-2H3,(H,26,29)(H,22,24,25). The number of aryl methyl sites for hydroxylation is 1. The predicted molar refractivity (Wildman–Crippen MR) is 104 cm³/mol. The smallest absolute Gasteiger partial charge is 0.260 e. The van der Waals surface area contributed by atoms with E-state index in [1.165, 1.54) is 0 Å². The highest BCUT2D eigenvalue weighted by molar-refractivity contribution is 5.83. The fraction of sp³-hybridized carbons (Fsp3) is 0.579. The molecule has 1 amide bonds. The van der Waals surface area contributed by atoms with E-state index < -0.39 is 23.3 Å². The summed E-state index contributed by atoms with van der Waals surface area (Å²) in [6.45, 7) is 3.35. The molecular weight excluding hydrogens is 380 g/mol. The van der Waals surface area contributed by atoms with Crippen LogP contribution in [0.25, 0.3) is 0 Å². The lowest BCUT2D eigenvalue weighted by Crippen LogP contribution is -2.55. The molecule has 2 aromatic heterocycles. The molecule has 0 bridgehead atoms. The summed E-state index contributed by atoms with van der Waals surface area (Å²) in [7, 11) is 1.83. The quantitative estimate of drug-likeness (QED) is 0.768. The van der Waals surface area contributed by atoms with Gasteiger partial charge in [-0.3, -0.25) is 9.48 Å². The summed E-state index contributed by atoms with van der Waals surface area (Å²) >= 11 is 0. The summed E-state index contributed by atoms with van der Waals surface area (Å²) in [5.41, 5.74) is 0.365. The predicted octanol–water partition coefficient (Wildman–Crippen LogP) is 2.47. The lowest BCUT2D eigenvalue weighted by atomic mass is 9.84. The van der Waals surface area contributed by atoms with E-state index in [0.29, 0.717) is 38.3 Å². The zero-order valence-electron chi connectivity index (χ0n) is 16.5. The van der Waals surface area contributed by atoms with Gasteiger partial charge in [-0.15, -0.1) is 0 Å². The second kappa shape index (κ2) is 7.23. The number of aromatic nitrogens is 4. The molecule has 2 fully saturated rings. The summed E-state index contributed by atoms with van der Waals surface area (Å²) < 4.78 is 28.1. The van der Waals surface area contributed by atoms with Crippen LogP contribution in [0.1, 0.15) is 32.6 Å². The van der Waals surface area contributed by atoms with Gasteiger partial charge in [-0.2, -0.15) is 10.1 Å². The Balaban J connectivity index is 1.38. The van der Waals surface area contributed by atoms with E-state index in [-0.39, 0.29) is 6.42 Å². The van der Waals surface area contributed by atoms with Gasteiger partial charge in [0, 0.05) is 44.5 Å². The van der Waals surface area contributed by atoms with Crippen LogP contribution in [-0.4, -0.2) is 50.2 Å². The molecule has 8 nitrogen and oxygen atoms in total. The van der Waals surface area contributed by atoms with Crippen LogP contribution in [0.2, 0.25) is 0 Å². The Hall–Kier alpha value is -2.78. The van der Waals surface area contributed by atoms with Crippen molar-refractivity contribution in [2.45, 2.75) is 44.1 Å². The van der Waals surface area contributed by atoms with E-state index in [2.05, 4.69) is 30.6 Å². The number of hydrogen-bond acceptors (Lipinski definition) is 6. The van der Waals surface area contributed by atoms with E-state index in [1.54, 1.807) is 17.1 Å². The monoisotopic (exact) mass is 405 g/mol. The van der Waals surface area contributed by atoms with Crippen LogP contribution >= 0.6 is 0 Å². The number of carbonyl (C=O) groups is 1. The van der Waals surface area contributed by atoms with Gasteiger partial charge < -0.3 is 15.5 Å². The van der Waals surface area contributed by atoms with Crippen molar-refractivity contribution in [1.82, 2.24) is 25.1 Å². The number of halogens is 2. The first-order valence-electron chi connectivity index (χ1n) is 9.84. The number of nitrogens with one attached hydrogen (secondary N) is 2. The SMILES string of the molecule is CCC1(NC(=O)C2CC2(F)F)CCN(c2ccnc(Nc3cnn(C)c3)n2)CC1. The molecule has 3 heterocycles. The summed E-state index contributed by atoms with van der Waals surface area (Å²) in [6.07, 6.45) is 6.96. The van der Waals surface area contributed by atoms with Gasteiger partial charge in [0.2, 0.25) is 11.9 Å². The lowest BCUT2D eigenvalue weighted by Gasteiger charge is -2.42. The minimum Gasteiger partial charge on any atom is -0.356 e. The van der Waals surface area contributed by atoms with Gasteiger partial charge in [-0.25, -0.2) is 13.8 Å². The molecule has 2 N–H and O–H groups in total. The third-order valence-corrected chi connectivity index (χ3v) is 5.85. The fourth-order valence-corrected chi connectivity index (χ4v) is 3.78. The Bertz CT molecular complexity index is 892. The summed E-state index contributed by atoms with van der Waals surface area (Å²) in [6, 6.07) is 1.84. The molecule has 1 atom stereocenters. The zero-order valence-corrected chi connectivity index (χ0v) is 16.5. The molecule has 1 saturated carbocycles. The molecule has 0 spiro atoms. The van der Waals surface area contributed by atoms with Crippen LogP contribution in [0.4, 0.5) is 26.2 Å². The number of alkyl halides is 2. The van der Waals surface area contributed by atoms with Crippen LogP contribution in [0.3, 0.4) is 0 Å². The van der Waals surface area contributed by atoms with E-state index in [0.717, 1.165) is 11.5 Å².